The zero-order valence-corrected chi connectivity index (χ0v) is 11.5. The van der Waals surface area contributed by atoms with E-state index in [2.05, 4.69) is 10.1 Å². The van der Waals surface area contributed by atoms with Crippen LogP contribution in [0.1, 0.15) is 44.0 Å². The Morgan fingerprint density at radius 3 is 2.50 bits per heavy atom. The summed E-state index contributed by atoms with van der Waals surface area (Å²) in [6.07, 6.45) is 1.80. The van der Waals surface area contributed by atoms with Crippen LogP contribution in [0.3, 0.4) is 0 Å². The molecule has 1 heterocycles. The maximum atomic E-state index is 13.1. The number of benzene rings is 1. The third-order valence-electron chi connectivity index (χ3n) is 3.01. The molecule has 108 valence electrons. The van der Waals surface area contributed by atoms with Crippen molar-refractivity contribution in [2.24, 2.45) is 5.73 Å². The summed E-state index contributed by atoms with van der Waals surface area (Å²) in [5.74, 6) is -0.555. The van der Waals surface area contributed by atoms with Gasteiger partial charge in [0.2, 0.25) is 5.89 Å². The van der Waals surface area contributed by atoms with Crippen LogP contribution in [0.25, 0.3) is 0 Å². The van der Waals surface area contributed by atoms with Crippen LogP contribution in [-0.2, 0) is 12.0 Å². The number of nitrogens with zero attached hydrogens (tertiary/aromatic N) is 2. The SMILES string of the molecule is CCCC(C)(N)c1nc(Cc2cc(F)cc(F)c2)no1. The monoisotopic (exact) mass is 281 g/mol. The summed E-state index contributed by atoms with van der Waals surface area (Å²) in [5, 5.41) is 3.81. The first kappa shape index (κ1) is 14.6. The highest BCUT2D eigenvalue weighted by Gasteiger charge is 2.27. The molecule has 0 spiro atoms. The molecular weight excluding hydrogens is 264 g/mol. The predicted molar refractivity (Wildman–Crippen MR) is 69.9 cm³/mol. The Morgan fingerprint density at radius 1 is 1.25 bits per heavy atom. The van der Waals surface area contributed by atoms with Crippen LogP contribution in [0.15, 0.2) is 22.7 Å². The van der Waals surface area contributed by atoms with Crippen molar-refractivity contribution in [3.63, 3.8) is 0 Å². The van der Waals surface area contributed by atoms with Crippen LogP contribution in [0.2, 0.25) is 0 Å². The van der Waals surface area contributed by atoms with Gasteiger partial charge in [0.1, 0.15) is 11.6 Å². The Balaban J connectivity index is 2.17. The van der Waals surface area contributed by atoms with Crippen molar-refractivity contribution < 1.29 is 13.3 Å². The molecule has 2 N–H and O–H groups in total. The van der Waals surface area contributed by atoms with E-state index in [9.17, 15) is 8.78 Å². The first-order valence-electron chi connectivity index (χ1n) is 6.47. The third kappa shape index (κ3) is 3.39. The van der Waals surface area contributed by atoms with E-state index in [0.29, 0.717) is 23.7 Å². The van der Waals surface area contributed by atoms with Gasteiger partial charge in [0.25, 0.3) is 0 Å². The molecule has 0 bridgehead atoms. The molecule has 1 unspecified atom stereocenters. The van der Waals surface area contributed by atoms with E-state index in [-0.39, 0.29) is 6.42 Å². The molecule has 2 rings (SSSR count). The van der Waals surface area contributed by atoms with E-state index >= 15 is 0 Å². The second kappa shape index (κ2) is 5.66. The molecule has 0 saturated carbocycles. The van der Waals surface area contributed by atoms with E-state index in [1.807, 2.05) is 13.8 Å². The third-order valence-corrected chi connectivity index (χ3v) is 3.01. The lowest BCUT2D eigenvalue weighted by molar-refractivity contribution is 0.282. The molecule has 1 atom stereocenters. The summed E-state index contributed by atoms with van der Waals surface area (Å²) in [6, 6.07) is 3.31. The first-order chi connectivity index (χ1) is 9.40. The maximum Gasteiger partial charge on any atom is 0.246 e. The molecule has 1 aromatic carbocycles. The van der Waals surface area contributed by atoms with Gasteiger partial charge in [-0.25, -0.2) is 8.78 Å². The van der Waals surface area contributed by atoms with Gasteiger partial charge in [-0.05, 0) is 31.0 Å². The van der Waals surface area contributed by atoms with Gasteiger partial charge in [-0.15, -0.1) is 0 Å². The van der Waals surface area contributed by atoms with Gasteiger partial charge in [-0.3, -0.25) is 0 Å². The average Bonchev–Trinajstić information content (AvgIpc) is 2.76. The van der Waals surface area contributed by atoms with Crippen molar-refractivity contribution in [2.75, 3.05) is 0 Å². The van der Waals surface area contributed by atoms with Gasteiger partial charge in [-0.1, -0.05) is 18.5 Å². The molecule has 6 heteroatoms. The maximum absolute atomic E-state index is 13.1. The van der Waals surface area contributed by atoms with Crippen LogP contribution in [-0.4, -0.2) is 10.1 Å². The Morgan fingerprint density at radius 2 is 1.90 bits per heavy atom. The highest BCUT2D eigenvalue weighted by molar-refractivity contribution is 5.21. The van der Waals surface area contributed by atoms with Crippen LogP contribution < -0.4 is 5.73 Å². The molecule has 4 nitrogen and oxygen atoms in total. The fourth-order valence-electron chi connectivity index (χ4n) is 2.08. The predicted octanol–water partition coefficient (Wildman–Crippen LogP) is 2.91. The van der Waals surface area contributed by atoms with Gasteiger partial charge in [0.15, 0.2) is 5.82 Å². The number of rotatable bonds is 5. The smallest absolute Gasteiger partial charge is 0.246 e. The molecule has 2 aromatic rings. The zero-order chi connectivity index (χ0) is 14.8. The van der Waals surface area contributed by atoms with E-state index in [0.717, 1.165) is 12.5 Å². The van der Waals surface area contributed by atoms with Crippen LogP contribution in [0.4, 0.5) is 8.78 Å². The van der Waals surface area contributed by atoms with E-state index in [1.54, 1.807) is 0 Å². The Labute approximate surface area is 116 Å². The van der Waals surface area contributed by atoms with Crippen LogP contribution in [0.5, 0.6) is 0 Å². The first-order valence-corrected chi connectivity index (χ1v) is 6.47. The molecule has 0 fully saturated rings. The Kier molecular flexibility index (Phi) is 4.13. The topological polar surface area (TPSA) is 64.9 Å². The van der Waals surface area contributed by atoms with Crippen molar-refractivity contribution >= 4 is 0 Å². The largest absolute Gasteiger partial charge is 0.337 e. The van der Waals surface area contributed by atoms with Crippen molar-refractivity contribution in [3.05, 3.63) is 47.1 Å². The summed E-state index contributed by atoms with van der Waals surface area (Å²) in [4.78, 5) is 4.21. The molecule has 1 aromatic heterocycles. The lowest BCUT2D eigenvalue weighted by atomic mass is 9.98. The minimum Gasteiger partial charge on any atom is -0.337 e. The average molecular weight is 281 g/mol. The van der Waals surface area contributed by atoms with Gasteiger partial charge in [0, 0.05) is 12.5 Å². The lowest BCUT2D eigenvalue weighted by Crippen LogP contribution is -2.33. The van der Waals surface area contributed by atoms with E-state index < -0.39 is 17.2 Å². The summed E-state index contributed by atoms with van der Waals surface area (Å²) in [5.41, 5.74) is 5.85. The van der Waals surface area contributed by atoms with Gasteiger partial charge < -0.3 is 10.3 Å². The van der Waals surface area contributed by atoms with Crippen molar-refractivity contribution in [1.82, 2.24) is 10.1 Å². The molecule has 0 amide bonds. The fraction of sp³-hybridized carbons (Fsp3) is 0.429. The number of halogens is 2. The van der Waals surface area contributed by atoms with E-state index in [4.69, 9.17) is 10.3 Å². The van der Waals surface area contributed by atoms with Gasteiger partial charge in [-0.2, -0.15) is 4.98 Å². The molecule has 0 aliphatic heterocycles. The summed E-state index contributed by atoms with van der Waals surface area (Å²) < 4.78 is 31.3. The highest BCUT2D eigenvalue weighted by atomic mass is 19.1. The van der Waals surface area contributed by atoms with Crippen molar-refractivity contribution in [2.45, 2.75) is 38.6 Å². The second-order valence-electron chi connectivity index (χ2n) is 5.14. The number of hydrogen-bond acceptors (Lipinski definition) is 4. The molecule has 0 aliphatic carbocycles. The van der Waals surface area contributed by atoms with Crippen molar-refractivity contribution in [1.29, 1.82) is 0 Å². The van der Waals surface area contributed by atoms with Gasteiger partial charge in [0.05, 0.1) is 5.54 Å². The standard InChI is InChI=1S/C14H17F2N3O/c1-3-4-14(2,17)13-18-12(19-20-13)7-9-5-10(15)8-11(16)6-9/h5-6,8H,3-4,7,17H2,1-2H3. The number of aromatic nitrogens is 2. The minimum absolute atomic E-state index is 0.195. The molecule has 20 heavy (non-hydrogen) atoms. The normalized spacial score (nSPS) is 14.2. The second-order valence-corrected chi connectivity index (χ2v) is 5.14. The molecule has 0 saturated heterocycles. The summed E-state index contributed by atoms with van der Waals surface area (Å²) in [7, 11) is 0. The molecular formula is C14H17F2N3O. The van der Waals surface area contributed by atoms with Crippen molar-refractivity contribution in [3.8, 4) is 0 Å². The number of hydrogen-bond donors (Lipinski definition) is 1. The van der Waals surface area contributed by atoms with Crippen LogP contribution >= 0.6 is 0 Å². The number of nitrogens with two attached hydrogens (primary N) is 1. The lowest BCUT2D eigenvalue weighted by Gasteiger charge is -2.18. The minimum atomic E-state index is -0.687. The molecule has 0 radical (unpaired) electrons. The highest BCUT2D eigenvalue weighted by Crippen LogP contribution is 2.22. The summed E-state index contributed by atoms with van der Waals surface area (Å²) in [6.45, 7) is 3.83. The quantitative estimate of drug-likeness (QED) is 0.915. The zero-order valence-electron chi connectivity index (χ0n) is 11.5. The molecule has 0 aliphatic rings. The van der Waals surface area contributed by atoms with Crippen LogP contribution in [0, 0.1) is 11.6 Å². The fourth-order valence-corrected chi connectivity index (χ4v) is 2.08. The summed E-state index contributed by atoms with van der Waals surface area (Å²) >= 11 is 0. The van der Waals surface area contributed by atoms with E-state index in [1.165, 1.54) is 12.1 Å². The Hall–Kier alpha value is -1.82. The Bertz CT molecular complexity index is 576. The van der Waals surface area contributed by atoms with Gasteiger partial charge >= 0.3 is 0 Å².